The van der Waals surface area contributed by atoms with E-state index in [1.165, 1.54) is 0 Å². The molecule has 0 saturated heterocycles. The monoisotopic (exact) mass is 260 g/mol. The van der Waals surface area contributed by atoms with Crippen molar-refractivity contribution in [3.05, 3.63) is 47.2 Å². The van der Waals surface area contributed by atoms with Gasteiger partial charge in [-0.25, -0.2) is 9.97 Å². The van der Waals surface area contributed by atoms with Gasteiger partial charge in [0.25, 0.3) is 0 Å². The number of nitrogens with one attached hydrogen (secondary N) is 2. The Bertz CT molecular complexity index is 759. The molecule has 0 saturated carbocycles. The molecule has 0 aliphatic rings. The van der Waals surface area contributed by atoms with Crippen LogP contribution in [-0.4, -0.2) is 24.5 Å². The third-order valence-corrected chi connectivity index (χ3v) is 2.99. The van der Waals surface area contributed by atoms with Gasteiger partial charge >= 0.3 is 0 Å². The predicted octanol–water partition coefficient (Wildman–Crippen LogP) is 1.34. The van der Waals surface area contributed by atoms with Crippen LogP contribution in [0.4, 0.5) is 0 Å². The zero-order chi connectivity index (χ0) is 12.5. The fraction of sp³-hybridized carbons (Fsp3) is 0.0909. The van der Waals surface area contributed by atoms with Crippen LogP contribution in [0, 0.1) is 5.41 Å². The molecular formula is C11H9ClN6. The number of pyridine rings is 1. The van der Waals surface area contributed by atoms with E-state index < -0.39 is 0 Å². The lowest BCUT2D eigenvalue weighted by molar-refractivity contribution is 0.782. The second kappa shape index (κ2) is 4.23. The molecule has 0 aliphatic carbocycles. The number of aromatic amines is 1. The Labute approximate surface area is 107 Å². The lowest BCUT2D eigenvalue weighted by Gasteiger charge is -2.08. The smallest absolute Gasteiger partial charge is 0.173 e. The summed E-state index contributed by atoms with van der Waals surface area (Å²) in [6.07, 6.45) is 6.43. The highest BCUT2D eigenvalue weighted by molar-refractivity contribution is 6.31. The van der Waals surface area contributed by atoms with Crippen molar-refractivity contribution >= 4 is 22.8 Å². The summed E-state index contributed by atoms with van der Waals surface area (Å²) < 4.78 is 1.84. The summed E-state index contributed by atoms with van der Waals surface area (Å²) in [5, 5.41) is 8.27. The molecule has 6 nitrogen and oxygen atoms in total. The Morgan fingerprint density at radius 3 is 3.11 bits per heavy atom. The number of imidazole rings is 1. The fourth-order valence-electron chi connectivity index (χ4n) is 1.76. The summed E-state index contributed by atoms with van der Waals surface area (Å²) in [5.41, 5.74) is 2.41. The van der Waals surface area contributed by atoms with E-state index in [2.05, 4.69) is 19.9 Å². The number of nitrogens with zero attached hydrogens (tertiary/aromatic N) is 4. The van der Waals surface area contributed by atoms with Crippen molar-refractivity contribution in [3.8, 4) is 0 Å². The van der Waals surface area contributed by atoms with Crippen LogP contribution < -0.4 is 5.49 Å². The molecule has 0 aliphatic heterocycles. The van der Waals surface area contributed by atoms with Crippen LogP contribution >= 0.6 is 11.6 Å². The maximum absolute atomic E-state index is 7.67. The number of hydrogen-bond donors (Lipinski definition) is 2. The molecule has 0 radical (unpaired) electrons. The molecule has 0 spiro atoms. The molecular weight excluding hydrogens is 252 g/mol. The fourth-order valence-corrected chi connectivity index (χ4v) is 1.94. The highest BCUT2D eigenvalue weighted by atomic mass is 35.5. The minimum absolute atomic E-state index is 0.180. The third-order valence-electron chi connectivity index (χ3n) is 2.65. The van der Waals surface area contributed by atoms with E-state index >= 15 is 0 Å². The van der Waals surface area contributed by atoms with E-state index in [9.17, 15) is 0 Å². The van der Waals surface area contributed by atoms with E-state index in [0.717, 1.165) is 5.56 Å². The summed E-state index contributed by atoms with van der Waals surface area (Å²) in [5.74, 6) is 0. The molecule has 0 aromatic carbocycles. The molecule has 90 valence electrons. The van der Waals surface area contributed by atoms with E-state index in [1.54, 1.807) is 25.0 Å². The van der Waals surface area contributed by atoms with Crippen molar-refractivity contribution in [2.45, 2.75) is 6.54 Å². The summed E-state index contributed by atoms with van der Waals surface area (Å²) in [6.45, 7) is 0.538. The summed E-state index contributed by atoms with van der Waals surface area (Å²) in [7, 11) is 0. The van der Waals surface area contributed by atoms with Crippen molar-refractivity contribution in [1.29, 1.82) is 5.41 Å². The Morgan fingerprint density at radius 1 is 1.39 bits per heavy atom. The van der Waals surface area contributed by atoms with Crippen molar-refractivity contribution in [2.75, 3.05) is 0 Å². The van der Waals surface area contributed by atoms with Gasteiger partial charge in [0.15, 0.2) is 11.1 Å². The molecule has 3 aromatic heterocycles. The van der Waals surface area contributed by atoms with Crippen molar-refractivity contribution in [1.82, 2.24) is 24.5 Å². The van der Waals surface area contributed by atoms with E-state index in [4.69, 9.17) is 17.0 Å². The summed E-state index contributed by atoms with van der Waals surface area (Å²) in [6, 6.07) is 1.85. The second-order valence-corrected chi connectivity index (χ2v) is 4.20. The molecule has 18 heavy (non-hydrogen) atoms. The lowest BCUT2D eigenvalue weighted by atomic mass is 10.2. The molecule has 0 bridgehead atoms. The topological polar surface area (TPSA) is 83.2 Å². The molecule has 0 fully saturated rings. The summed E-state index contributed by atoms with van der Waals surface area (Å²) in [4.78, 5) is 15.0. The Balaban J connectivity index is 2.11. The highest BCUT2D eigenvalue weighted by Gasteiger charge is 2.06. The number of hydrogen-bond acceptors (Lipinski definition) is 4. The first-order valence-corrected chi connectivity index (χ1v) is 5.65. The van der Waals surface area contributed by atoms with Gasteiger partial charge in [-0.3, -0.25) is 10.4 Å². The van der Waals surface area contributed by atoms with Gasteiger partial charge in [-0.2, -0.15) is 0 Å². The highest BCUT2D eigenvalue weighted by Crippen LogP contribution is 2.15. The molecule has 7 heteroatoms. The Hall–Kier alpha value is -2.21. The second-order valence-electron chi connectivity index (χ2n) is 3.79. The normalized spacial score (nSPS) is 10.9. The molecule has 0 amide bonds. The van der Waals surface area contributed by atoms with E-state index in [-0.39, 0.29) is 5.49 Å². The lowest BCUT2D eigenvalue weighted by Crippen LogP contribution is -2.13. The molecule has 2 N–H and O–H groups in total. The quantitative estimate of drug-likeness (QED) is 0.729. The zero-order valence-electron chi connectivity index (χ0n) is 9.26. The SMILES string of the molecule is N=c1ncn(Cc2ccncc2Cl)c2nc[nH]c12. The number of H-pyrrole nitrogens is 1. The van der Waals surface area contributed by atoms with Gasteiger partial charge in [-0.1, -0.05) is 11.6 Å². The zero-order valence-corrected chi connectivity index (χ0v) is 10.0. The first kappa shape index (κ1) is 10.9. The van der Waals surface area contributed by atoms with Crippen LogP contribution in [0.5, 0.6) is 0 Å². The molecule has 0 atom stereocenters. The van der Waals surface area contributed by atoms with Crippen molar-refractivity contribution < 1.29 is 0 Å². The standard InChI is InChI=1S/C11H9ClN6/c12-8-3-14-2-1-7(8)4-18-6-17-10(13)9-11(18)16-5-15-9/h1-3,5-6,13H,4H2,(H,15,16). The minimum Gasteiger partial charge on any atom is -0.340 e. The van der Waals surface area contributed by atoms with E-state index in [1.807, 2.05) is 10.6 Å². The van der Waals surface area contributed by atoms with Gasteiger partial charge in [0.2, 0.25) is 0 Å². The van der Waals surface area contributed by atoms with Crippen LogP contribution in [-0.2, 0) is 6.54 Å². The van der Waals surface area contributed by atoms with Gasteiger partial charge in [0.1, 0.15) is 5.52 Å². The van der Waals surface area contributed by atoms with Crippen LogP contribution in [0.15, 0.2) is 31.1 Å². The third kappa shape index (κ3) is 1.76. The van der Waals surface area contributed by atoms with Crippen LogP contribution in [0.1, 0.15) is 5.56 Å². The average molecular weight is 261 g/mol. The number of halogens is 1. The van der Waals surface area contributed by atoms with Crippen molar-refractivity contribution in [3.63, 3.8) is 0 Å². The van der Waals surface area contributed by atoms with Gasteiger partial charge in [-0.15, -0.1) is 0 Å². The summed E-state index contributed by atoms with van der Waals surface area (Å²) >= 11 is 6.07. The Kier molecular flexibility index (Phi) is 2.56. The van der Waals surface area contributed by atoms with Gasteiger partial charge in [0, 0.05) is 12.4 Å². The Morgan fingerprint density at radius 2 is 2.28 bits per heavy atom. The maximum atomic E-state index is 7.67. The average Bonchev–Trinajstić information content (AvgIpc) is 2.85. The first-order valence-electron chi connectivity index (χ1n) is 5.27. The predicted molar refractivity (Wildman–Crippen MR) is 66.1 cm³/mol. The van der Waals surface area contributed by atoms with Crippen molar-refractivity contribution in [2.24, 2.45) is 0 Å². The molecule has 0 unspecified atom stereocenters. The largest absolute Gasteiger partial charge is 0.340 e. The minimum atomic E-state index is 0.180. The van der Waals surface area contributed by atoms with Crippen LogP contribution in [0.25, 0.3) is 11.2 Å². The first-order chi connectivity index (χ1) is 8.75. The van der Waals surface area contributed by atoms with Crippen LogP contribution in [0.3, 0.4) is 0 Å². The van der Waals surface area contributed by atoms with Gasteiger partial charge in [-0.05, 0) is 11.6 Å². The van der Waals surface area contributed by atoms with E-state index in [0.29, 0.717) is 22.7 Å². The number of rotatable bonds is 2. The number of aromatic nitrogens is 5. The number of fused-ring (bicyclic) bond motifs is 1. The maximum Gasteiger partial charge on any atom is 0.173 e. The molecule has 3 rings (SSSR count). The van der Waals surface area contributed by atoms with Crippen LogP contribution in [0.2, 0.25) is 5.02 Å². The molecule has 3 aromatic rings. The van der Waals surface area contributed by atoms with Gasteiger partial charge < -0.3 is 9.55 Å². The van der Waals surface area contributed by atoms with Gasteiger partial charge in [0.05, 0.1) is 24.2 Å². The molecule has 3 heterocycles.